The number of hydrogen-bond acceptors (Lipinski definition) is 3. The molecule has 1 rings (SSSR count). The molecule has 1 aliphatic rings. The zero-order chi connectivity index (χ0) is 7.98. The van der Waals surface area contributed by atoms with Crippen LogP contribution in [0.4, 0.5) is 0 Å². The highest BCUT2D eigenvalue weighted by molar-refractivity contribution is 4.84. The summed E-state index contributed by atoms with van der Waals surface area (Å²) in [5.74, 6) is 0. The van der Waals surface area contributed by atoms with Gasteiger partial charge in [0.1, 0.15) is 0 Å². The Kier molecular flexibility index (Phi) is 5.58. The Hall–Kier alpha value is -0.120. The molecule has 1 heterocycles. The lowest BCUT2D eigenvalue weighted by atomic mass is 10.2. The van der Waals surface area contributed by atoms with Gasteiger partial charge in [0, 0.05) is 19.1 Å². The predicted molar refractivity (Wildman–Crippen MR) is 43.1 cm³/mol. The van der Waals surface area contributed by atoms with Gasteiger partial charge < -0.3 is 15.7 Å². The Labute approximate surface area is 62.8 Å². The van der Waals surface area contributed by atoms with E-state index in [1.807, 2.05) is 20.9 Å². The summed E-state index contributed by atoms with van der Waals surface area (Å²) in [6, 6.07) is 0.259. The molecule has 2 atom stereocenters. The van der Waals surface area contributed by atoms with E-state index in [1.54, 1.807) is 0 Å². The van der Waals surface area contributed by atoms with Gasteiger partial charge in [-0.25, -0.2) is 0 Å². The number of aliphatic hydroxyl groups is 1. The van der Waals surface area contributed by atoms with Crippen LogP contribution < -0.4 is 10.6 Å². The zero-order valence-electron chi connectivity index (χ0n) is 7.02. The minimum absolute atomic E-state index is 0.194. The fraction of sp³-hybridized carbons (Fsp3) is 1.00. The quantitative estimate of drug-likeness (QED) is 0.470. The molecule has 10 heavy (non-hydrogen) atoms. The van der Waals surface area contributed by atoms with Gasteiger partial charge in [-0.1, -0.05) is 13.8 Å². The number of hydrogen-bond donors (Lipinski definition) is 3. The Morgan fingerprint density at radius 1 is 1.40 bits per heavy atom. The minimum Gasteiger partial charge on any atom is -0.390 e. The molecule has 0 spiro atoms. The molecular formula is C7H18N2O. The van der Waals surface area contributed by atoms with Crippen molar-refractivity contribution in [2.75, 3.05) is 20.1 Å². The normalized spacial score (nSPS) is 31.2. The summed E-state index contributed by atoms with van der Waals surface area (Å²) < 4.78 is 0. The van der Waals surface area contributed by atoms with Gasteiger partial charge in [-0.05, 0) is 7.05 Å². The molecule has 0 aliphatic carbocycles. The fourth-order valence-corrected chi connectivity index (χ4v) is 0.959. The SMILES string of the molecule is CC.CNC1CNCC1O. The van der Waals surface area contributed by atoms with Crippen LogP contribution in [0.3, 0.4) is 0 Å². The Bertz CT molecular complexity index is 78.0. The number of β-amino-alcohol motifs (C(OH)–C–C–N with tert-alkyl or cyclic N) is 1. The number of rotatable bonds is 1. The average Bonchev–Trinajstić information content (AvgIpc) is 2.39. The highest BCUT2D eigenvalue weighted by atomic mass is 16.3. The van der Waals surface area contributed by atoms with Crippen molar-refractivity contribution in [3.05, 3.63) is 0 Å². The minimum atomic E-state index is -0.194. The number of likely N-dealkylation sites (N-methyl/N-ethyl adjacent to an activating group) is 1. The molecule has 1 aliphatic heterocycles. The summed E-state index contributed by atoms with van der Waals surface area (Å²) in [5, 5.41) is 15.1. The monoisotopic (exact) mass is 146 g/mol. The molecular weight excluding hydrogens is 128 g/mol. The average molecular weight is 146 g/mol. The lowest BCUT2D eigenvalue weighted by Crippen LogP contribution is -2.36. The van der Waals surface area contributed by atoms with Crippen molar-refractivity contribution in [1.29, 1.82) is 0 Å². The van der Waals surface area contributed by atoms with Crippen molar-refractivity contribution in [3.63, 3.8) is 0 Å². The van der Waals surface area contributed by atoms with Gasteiger partial charge in [-0.3, -0.25) is 0 Å². The first-order valence-corrected chi connectivity index (χ1v) is 3.90. The van der Waals surface area contributed by atoms with E-state index in [-0.39, 0.29) is 12.1 Å². The molecule has 3 nitrogen and oxygen atoms in total. The number of nitrogens with one attached hydrogen (secondary N) is 2. The molecule has 3 heteroatoms. The maximum Gasteiger partial charge on any atom is 0.0829 e. The number of aliphatic hydroxyl groups excluding tert-OH is 1. The molecule has 62 valence electrons. The van der Waals surface area contributed by atoms with E-state index in [0.29, 0.717) is 0 Å². The standard InChI is InChI=1S/C5H12N2O.C2H6/c1-6-4-2-7-3-5(4)8;1-2/h4-8H,2-3H2,1H3;1-2H3. The molecule has 1 fully saturated rings. The summed E-state index contributed by atoms with van der Waals surface area (Å²) in [6.45, 7) is 5.61. The zero-order valence-corrected chi connectivity index (χ0v) is 7.02. The van der Waals surface area contributed by atoms with E-state index in [9.17, 15) is 0 Å². The van der Waals surface area contributed by atoms with Crippen molar-refractivity contribution in [2.45, 2.75) is 26.0 Å². The third kappa shape index (κ3) is 2.64. The van der Waals surface area contributed by atoms with Crippen LogP contribution in [0.15, 0.2) is 0 Å². The first-order valence-electron chi connectivity index (χ1n) is 3.90. The lowest BCUT2D eigenvalue weighted by molar-refractivity contribution is 0.167. The second kappa shape index (κ2) is 5.65. The van der Waals surface area contributed by atoms with Gasteiger partial charge in [0.2, 0.25) is 0 Å². The van der Waals surface area contributed by atoms with E-state index in [2.05, 4.69) is 10.6 Å². The molecule has 2 unspecified atom stereocenters. The fourth-order valence-electron chi connectivity index (χ4n) is 0.959. The Balaban J connectivity index is 0.000000371. The molecule has 0 bridgehead atoms. The summed E-state index contributed by atoms with van der Waals surface area (Å²) in [7, 11) is 1.86. The van der Waals surface area contributed by atoms with Crippen LogP contribution >= 0.6 is 0 Å². The van der Waals surface area contributed by atoms with Crippen LogP contribution in [0.1, 0.15) is 13.8 Å². The van der Waals surface area contributed by atoms with Gasteiger partial charge in [0.15, 0.2) is 0 Å². The molecule has 0 aromatic rings. The van der Waals surface area contributed by atoms with Gasteiger partial charge in [0.05, 0.1) is 6.10 Å². The van der Waals surface area contributed by atoms with Crippen LogP contribution in [0, 0.1) is 0 Å². The van der Waals surface area contributed by atoms with E-state index in [0.717, 1.165) is 13.1 Å². The molecule has 0 radical (unpaired) electrons. The molecule has 0 aromatic carbocycles. The van der Waals surface area contributed by atoms with Gasteiger partial charge in [0.25, 0.3) is 0 Å². The van der Waals surface area contributed by atoms with Crippen molar-refractivity contribution < 1.29 is 5.11 Å². The van der Waals surface area contributed by atoms with Gasteiger partial charge in [-0.15, -0.1) is 0 Å². The van der Waals surface area contributed by atoms with Crippen LogP contribution in [0.5, 0.6) is 0 Å². The van der Waals surface area contributed by atoms with Crippen molar-refractivity contribution in [1.82, 2.24) is 10.6 Å². The van der Waals surface area contributed by atoms with Gasteiger partial charge in [-0.2, -0.15) is 0 Å². The maximum absolute atomic E-state index is 9.06. The summed E-state index contributed by atoms with van der Waals surface area (Å²) in [5.41, 5.74) is 0. The summed E-state index contributed by atoms with van der Waals surface area (Å²) in [4.78, 5) is 0. The van der Waals surface area contributed by atoms with Crippen LogP contribution in [0.2, 0.25) is 0 Å². The summed E-state index contributed by atoms with van der Waals surface area (Å²) in [6.07, 6.45) is -0.194. The molecule has 0 saturated carbocycles. The van der Waals surface area contributed by atoms with E-state index in [4.69, 9.17) is 5.11 Å². The van der Waals surface area contributed by atoms with Crippen LogP contribution in [-0.4, -0.2) is 37.4 Å². The first-order chi connectivity index (χ1) is 4.84. The van der Waals surface area contributed by atoms with Crippen LogP contribution in [-0.2, 0) is 0 Å². The van der Waals surface area contributed by atoms with E-state index in [1.165, 1.54) is 0 Å². The van der Waals surface area contributed by atoms with E-state index < -0.39 is 0 Å². The second-order valence-corrected chi connectivity index (χ2v) is 2.12. The molecule has 0 aromatic heterocycles. The lowest BCUT2D eigenvalue weighted by Gasteiger charge is -2.09. The third-order valence-corrected chi connectivity index (χ3v) is 1.55. The van der Waals surface area contributed by atoms with E-state index >= 15 is 0 Å². The van der Waals surface area contributed by atoms with Crippen LogP contribution in [0.25, 0.3) is 0 Å². The first kappa shape index (κ1) is 9.88. The van der Waals surface area contributed by atoms with Crippen molar-refractivity contribution in [3.8, 4) is 0 Å². The van der Waals surface area contributed by atoms with Crippen molar-refractivity contribution in [2.24, 2.45) is 0 Å². The molecule has 0 amide bonds. The largest absolute Gasteiger partial charge is 0.390 e. The van der Waals surface area contributed by atoms with Crippen molar-refractivity contribution >= 4 is 0 Å². The second-order valence-electron chi connectivity index (χ2n) is 2.12. The summed E-state index contributed by atoms with van der Waals surface area (Å²) >= 11 is 0. The predicted octanol–water partition coefficient (Wildman–Crippen LogP) is -0.435. The Morgan fingerprint density at radius 2 is 2.00 bits per heavy atom. The maximum atomic E-state index is 9.06. The van der Waals surface area contributed by atoms with Gasteiger partial charge >= 0.3 is 0 Å². The smallest absolute Gasteiger partial charge is 0.0829 e. The highest BCUT2D eigenvalue weighted by Crippen LogP contribution is 1.96. The molecule has 3 N–H and O–H groups in total. The Morgan fingerprint density at radius 3 is 2.20 bits per heavy atom. The third-order valence-electron chi connectivity index (χ3n) is 1.55. The topological polar surface area (TPSA) is 44.3 Å². The highest BCUT2D eigenvalue weighted by Gasteiger charge is 2.22. The molecule has 1 saturated heterocycles.